The van der Waals surface area contributed by atoms with Crippen molar-refractivity contribution in [3.63, 3.8) is 0 Å². The van der Waals surface area contributed by atoms with Gasteiger partial charge in [0.1, 0.15) is 11.9 Å². The number of alkyl halides is 2. The molecule has 0 saturated carbocycles. The molecule has 1 unspecified atom stereocenters. The summed E-state index contributed by atoms with van der Waals surface area (Å²) < 4.78 is 34.9. The van der Waals surface area contributed by atoms with Crippen molar-refractivity contribution in [2.24, 2.45) is 0 Å². The third-order valence-electron chi connectivity index (χ3n) is 2.29. The molecule has 18 heavy (non-hydrogen) atoms. The van der Waals surface area contributed by atoms with Gasteiger partial charge in [-0.1, -0.05) is 6.07 Å². The molecule has 1 atom stereocenters. The lowest BCUT2D eigenvalue weighted by Gasteiger charge is -2.30. The Hall–Kier alpha value is -2.15. The molecule has 1 aromatic rings. The SMILES string of the molecule is Nc1cccc2c1C(/C=C/C(=O)O)OC(F)(F)O2. The van der Waals surface area contributed by atoms with Gasteiger partial charge in [0.2, 0.25) is 0 Å². The first-order valence-electron chi connectivity index (χ1n) is 4.93. The topological polar surface area (TPSA) is 81.8 Å². The number of carbonyl (C=O) groups is 1. The molecule has 1 heterocycles. The molecule has 3 N–H and O–H groups in total. The predicted octanol–water partition coefficient (Wildman–Crippen LogP) is 1.91. The normalized spacial score (nSPS) is 21.3. The van der Waals surface area contributed by atoms with Crippen molar-refractivity contribution in [2.45, 2.75) is 12.4 Å². The van der Waals surface area contributed by atoms with E-state index in [9.17, 15) is 13.6 Å². The van der Waals surface area contributed by atoms with Gasteiger partial charge < -0.3 is 15.6 Å². The van der Waals surface area contributed by atoms with Crippen molar-refractivity contribution in [1.82, 2.24) is 0 Å². The Labute approximate surface area is 100 Å². The first kappa shape index (κ1) is 12.3. The first-order chi connectivity index (χ1) is 8.39. The lowest BCUT2D eigenvalue weighted by molar-refractivity contribution is -0.375. The third kappa shape index (κ3) is 2.40. The Morgan fingerprint density at radius 3 is 2.89 bits per heavy atom. The number of halogens is 2. The molecule has 0 saturated heterocycles. The highest BCUT2D eigenvalue weighted by Gasteiger charge is 2.43. The zero-order valence-corrected chi connectivity index (χ0v) is 8.97. The number of carboxylic acids is 1. The molecule has 1 aromatic carbocycles. The van der Waals surface area contributed by atoms with Crippen LogP contribution in [-0.2, 0) is 9.53 Å². The number of carboxylic acid groups (broad SMARTS) is 1. The van der Waals surface area contributed by atoms with E-state index in [0.717, 1.165) is 6.08 Å². The van der Waals surface area contributed by atoms with Gasteiger partial charge in [-0.15, -0.1) is 8.78 Å². The molecule has 0 fully saturated rings. The van der Waals surface area contributed by atoms with Gasteiger partial charge >= 0.3 is 12.3 Å². The average molecular weight is 257 g/mol. The monoisotopic (exact) mass is 257 g/mol. The molecule has 0 spiro atoms. The van der Waals surface area contributed by atoms with Crippen LogP contribution in [0, 0.1) is 0 Å². The molecular weight excluding hydrogens is 248 g/mol. The minimum Gasteiger partial charge on any atom is -0.478 e. The summed E-state index contributed by atoms with van der Waals surface area (Å²) in [6.07, 6.45) is -3.41. The number of fused-ring (bicyclic) bond motifs is 1. The van der Waals surface area contributed by atoms with Crippen LogP contribution in [0.5, 0.6) is 5.75 Å². The number of nitrogens with two attached hydrogens (primary N) is 1. The number of aliphatic carboxylic acids is 1. The number of nitrogen functional groups attached to an aromatic ring is 1. The van der Waals surface area contributed by atoms with Crippen molar-refractivity contribution in [3.05, 3.63) is 35.9 Å². The maximum atomic E-state index is 13.1. The van der Waals surface area contributed by atoms with Crippen LogP contribution in [0.15, 0.2) is 30.4 Å². The Kier molecular flexibility index (Phi) is 2.92. The van der Waals surface area contributed by atoms with E-state index in [1.165, 1.54) is 18.2 Å². The van der Waals surface area contributed by atoms with E-state index in [1.54, 1.807) is 0 Å². The van der Waals surface area contributed by atoms with Gasteiger partial charge in [0.15, 0.2) is 0 Å². The lowest BCUT2D eigenvalue weighted by atomic mass is 10.0. The second-order valence-electron chi connectivity index (χ2n) is 3.56. The van der Waals surface area contributed by atoms with Crippen LogP contribution < -0.4 is 10.5 Å². The Bertz CT molecular complexity index is 516. The zero-order valence-electron chi connectivity index (χ0n) is 8.97. The van der Waals surface area contributed by atoms with Crippen molar-refractivity contribution in [1.29, 1.82) is 0 Å². The highest BCUT2D eigenvalue weighted by Crippen LogP contribution is 2.43. The van der Waals surface area contributed by atoms with Crippen LogP contribution in [0.3, 0.4) is 0 Å². The molecule has 5 nitrogen and oxygen atoms in total. The van der Waals surface area contributed by atoms with Crippen LogP contribution in [0.2, 0.25) is 0 Å². The Balaban J connectivity index is 2.45. The maximum absolute atomic E-state index is 13.1. The molecule has 0 radical (unpaired) electrons. The van der Waals surface area contributed by atoms with Gasteiger partial charge in [-0.2, -0.15) is 0 Å². The van der Waals surface area contributed by atoms with E-state index < -0.39 is 18.4 Å². The number of ether oxygens (including phenoxy) is 2. The molecule has 96 valence electrons. The van der Waals surface area contributed by atoms with E-state index in [1.807, 2.05) is 0 Å². The van der Waals surface area contributed by atoms with Gasteiger partial charge in [-0.3, -0.25) is 4.74 Å². The predicted molar refractivity (Wildman–Crippen MR) is 57.0 cm³/mol. The second kappa shape index (κ2) is 4.26. The van der Waals surface area contributed by atoms with Crippen molar-refractivity contribution in [2.75, 3.05) is 5.73 Å². The van der Waals surface area contributed by atoms with Crippen molar-refractivity contribution in [3.8, 4) is 5.75 Å². The van der Waals surface area contributed by atoms with E-state index >= 15 is 0 Å². The lowest BCUT2D eigenvalue weighted by Crippen LogP contribution is -2.35. The quantitative estimate of drug-likeness (QED) is 0.624. The van der Waals surface area contributed by atoms with E-state index in [0.29, 0.717) is 6.08 Å². The summed E-state index contributed by atoms with van der Waals surface area (Å²) in [6.45, 7) is 0. The van der Waals surface area contributed by atoms with Crippen LogP contribution in [0.25, 0.3) is 0 Å². The number of rotatable bonds is 2. The third-order valence-corrected chi connectivity index (χ3v) is 2.29. The van der Waals surface area contributed by atoms with Gasteiger partial charge in [-0.25, -0.2) is 4.79 Å². The molecular formula is C11H9F2NO4. The van der Waals surface area contributed by atoms with Gasteiger partial charge in [0.25, 0.3) is 0 Å². The van der Waals surface area contributed by atoms with Gasteiger partial charge in [0, 0.05) is 11.8 Å². The fourth-order valence-corrected chi connectivity index (χ4v) is 1.62. The van der Waals surface area contributed by atoms with Crippen molar-refractivity contribution >= 4 is 11.7 Å². The number of hydrogen-bond donors (Lipinski definition) is 2. The fourth-order valence-electron chi connectivity index (χ4n) is 1.62. The highest BCUT2D eigenvalue weighted by molar-refractivity contribution is 5.80. The Morgan fingerprint density at radius 1 is 1.50 bits per heavy atom. The molecule has 1 aliphatic heterocycles. The van der Waals surface area contributed by atoms with Crippen molar-refractivity contribution < 1.29 is 28.2 Å². The molecule has 2 rings (SSSR count). The molecule has 0 aromatic heterocycles. The summed E-state index contributed by atoms with van der Waals surface area (Å²) in [7, 11) is 0. The molecule has 0 aliphatic carbocycles. The maximum Gasteiger partial charge on any atom is 0.536 e. The summed E-state index contributed by atoms with van der Waals surface area (Å²) >= 11 is 0. The van der Waals surface area contributed by atoms with E-state index in [-0.39, 0.29) is 17.0 Å². The second-order valence-corrected chi connectivity index (χ2v) is 3.56. The summed E-state index contributed by atoms with van der Waals surface area (Å²) in [5.41, 5.74) is 6.01. The van der Waals surface area contributed by atoms with Crippen LogP contribution >= 0.6 is 0 Å². The highest BCUT2D eigenvalue weighted by atomic mass is 19.3. The van der Waals surface area contributed by atoms with Gasteiger partial charge in [-0.05, 0) is 18.2 Å². The largest absolute Gasteiger partial charge is 0.536 e. The zero-order chi connectivity index (χ0) is 13.3. The Morgan fingerprint density at radius 2 is 2.22 bits per heavy atom. The molecule has 0 amide bonds. The minimum absolute atomic E-state index is 0.133. The minimum atomic E-state index is -3.83. The van der Waals surface area contributed by atoms with Crippen LogP contribution in [0.4, 0.5) is 14.5 Å². The summed E-state index contributed by atoms with van der Waals surface area (Å²) in [5.74, 6) is -1.41. The van der Waals surface area contributed by atoms with Gasteiger partial charge in [0.05, 0.1) is 5.56 Å². The first-order valence-corrected chi connectivity index (χ1v) is 4.93. The average Bonchev–Trinajstić information content (AvgIpc) is 2.24. The van der Waals surface area contributed by atoms with E-state index in [4.69, 9.17) is 10.8 Å². The number of hydrogen-bond acceptors (Lipinski definition) is 4. The summed E-state index contributed by atoms with van der Waals surface area (Å²) in [4.78, 5) is 10.4. The van der Waals surface area contributed by atoms with Crippen LogP contribution in [-0.4, -0.2) is 17.4 Å². The summed E-state index contributed by atoms with van der Waals surface area (Å²) in [6, 6.07) is 4.24. The number of benzene rings is 1. The molecule has 1 aliphatic rings. The molecule has 7 heteroatoms. The smallest absolute Gasteiger partial charge is 0.478 e. The van der Waals surface area contributed by atoms with E-state index in [2.05, 4.69) is 9.47 Å². The fraction of sp³-hybridized carbons (Fsp3) is 0.182. The number of anilines is 1. The van der Waals surface area contributed by atoms with Crippen LogP contribution in [0.1, 0.15) is 11.7 Å². The standard InChI is InChI=1S/C11H9F2NO4/c12-11(13)17-7-3-1-2-6(14)10(7)8(18-11)4-5-9(15)16/h1-5,8H,14H2,(H,15,16)/b5-4+. The summed E-state index contributed by atoms with van der Waals surface area (Å²) in [5, 5.41) is 8.50. The molecule has 0 bridgehead atoms.